The van der Waals surface area contributed by atoms with Gasteiger partial charge in [0, 0.05) is 0 Å². The van der Waals surface area contributed by atoms with Crippen molar-refractivity contribution >= 4 is 0 Å². The maximum Gasteiger partial charge on any atom is 0.357 e. The Morgan fingerprint density at radius 3 is 1.85 bits per heavy atom. The lowest BCUT2D eigenvalue weighted by atomic mass is 10.1. The quantitative estimate of drug-likeness (QED) is 0.346. The third-order valence-electron chi connectivity index (χ3n) is 3.48. The van der Waals surface area contributed by atoms with Gasteiger partial charge in [-0.05, 0) is 36.4 Å². The standard InChI is InChI=1S/C19H11F4IO2/c20-15-14(16(21)18(23)19(25)17(15)22)10-26-13-8-6-12(7-9-13)24-11-4-2-1-3-5-11/h1-9H,10H2/p+1. The average molecular weight is 475 g/mol. The second-order valence-electron chi connectivity index (χ2n) is 5.22. The van der Waals surface area contributed by atoms with Gasteiger partial charge in [-0.1, -0.05) is 18.2 Å². The van der Waals surface area contributed by atoms with Gasteiger partial charge in [0.15, 0.2) is 24.5 Å². The molecule has 134 valence electrons. The van der Waals surface area contributed by atoms with Gasteiger partial charge in [0.1, 0.15) is 12.4 Å². The summed E-state index contributed by atoms with van der Waals surface area (Å²) in [6.07, 6.45) is 0. The zero-order chi connectivity index (χ0) is 18.7. The molecule has 0 amide bonds. The van der Waals surface area contributed by atoms with Crippen molar-refractivity contribution < 1.29 is 48.6 Å². The van der Waals surface area contributed by atoms with E-state index in [9.17, 15) is 17.6 Å². The van der Waals surface area contributed by atoms with E-state index in [0.29, 0.717) is 5.75 Å². The predicted molar refractivity (Wildman–Crippen MR) is 82.5 cm³/mol. The van der Waals surface area contributed by atoms with E-state index >= 15 is 0 Å². The number of aromatic hydroxyl groups is 1. The third-order valence-corrected chi connectivity index (χ3v) is 6.16. The van der Waals surface area contributed by atoms with Crippen LogP contribution in [0, 0.1) is 30.4 Å². The number of hydrogen-bond donors (Lipinski definition) is 1. The monoisotopic (exact) mass is 475 g/mol. The van der Waals surface area contributed by atoms with Crippen LogP contribution in [0.1, 0.15) is 5.56 Å². The molecule has 3 rings (SSSR count). The van der Waals surface area contributed by atoms with Crippen molar-refractivity contribution in [2.24, 2.45) is 0 Å². The van der Waals surface area contributed by atoms with Crippen molar-refractivity contribution in [1.82, 2.24) is 0 Å². The highest BCUT2D eigenvalue weighted by Gasteiger charge is 2.25. The number of hydrogen-bond acceptors (Lipinski definition) is 2. The van der Waals surface area contributed by atoms with Gasteiger partial charge in [0.2, 0.25) is 11.6 Å². The van der Waals surface area contributed by atoms with Crippen LogP contribution in [0.15, 0.2) is 54.6 Å². The Morgan fingerprint density at radius 2 is 1.27 bits per heavy atom. The summed E-state index contributed by atoms with van der Waals surface area (Å²) in [4.78, 5) is 0. The van der Waals surface area contributed by atoms with Crippen LogP contribution < -0.4 is 25.9 Å². The summed E-state index contributed by atoms with van der Waals surface area (Å²) in [6, 6.07) is 16.9. The number of phenols is 1. The summed E-state index contributed by atoms with van der Waals surface area (Å²) in [7, 11) is 0. The highest BCUT2D eigenvalue weighted by Crippen LogP contribution is 2.29. The first-order valence-electron chi connectivity index (χ1n) is 7.44. The van der Waals surface area contributed by atoms with Crippen molar-refractivity contribution in [3.05, 3.63) is 90.6 Å². The number of ether oxygens (including phenoxy) is 1. The van der Waals surface area contributed by atoms with E-state index in [-0.39, 0.29) is 21.2 Å². The van der Waals surface area contributed by atoms with Crippen LogP contribution >= 0.6 is 0 Å². The molecular weight excluding hydrogens is 463 g/mol. The molecule has 0 aliphatic heterocycles. The van der Waals surface area contributed by atoms with Crippen molar-refractivity contribution in [2.75, 3.05) is 0 Å². The Labute approximate surface area is 157 Å². The molecule has 0 aliphatic carbocycles. The second-order valence-corrected chi connectivity index (χ2v) is 8.25. The summed E-state index contributed by atoms with van der Waals surface area (Å²) >= 11 is -0.364. The number of phenolic OH excluding ortho intramolecular Hbond substituents is 1. The predicted octanol–water partition coefficient (Wildman–Crippen LogP) is 1.66. The summed E-state index contributed by atoms with van der Waals surface area (Å²) < 4.78 is 61.6. The molecule has 2 nitrogen and oxygen atoms in total. The Kier molecular flexibility index (Phi) is 5.65. The van der Waals surface area contributed by atoms with Gasteiger partial charge in [-0.15, -0.1) is 0 Å². The van der Waals surface area contributed by atoms with Crippen LogP contribution in [0.25, 0.3) is 0 Å². The van der Waals surface area contributed by atoms with E-state index in [2.05, 4.69) is 0 Å². The van der Waals surface area contributed by atoms with Gasteiger partial charge in [-0.25, -0.2) is 8.78 Å². The average Bonchev–Trinajstić information content (AvgIpc) is 2.67. The molecule has 0 unspecified atom stereocenters. The molecular formula is C19H12F4IO2+. The highest BCUT2D eigenvalue weighted by molar-refractivity contribution is 5.33. The highest BCUT2D eigenvalue weighted by atomic mass is 127. The first kappa shape index (κ1) is 18.5. The molecule has 1 N–H and O–H groups in total. The van der Waals surface area contributed by atoms with Crippen molar-refractivity contribution in [1.29, 1.82) is 0 Å². The van der Waals surface area contributed by atoms with Gasteiger partial charge in [0.05, 0.1) is 5.56 Å². The zero-order valence-corrected chi connectivity index (χ0v) is 15.3. The van der Waals surface area contributed by atoms with E-state index in [0.717, 1.165) is 3.57 Å². The normalized spacial score (nSPS) is 10.8. The van der Waals surface area contributed by atoms with Crippen molar-refractivity contribution in [3.63, 3.8) is 0 Å². The SMILES string of the molecule is Oc1c(F)c(F)c(COc2ccc([I+]c3ccccc3)cc2)c(F)c1F. The fraction of sp³-hybridized carbons (Fsp3) is 0.0526. The topological polar surface area (TPSA) is 29.5 Å². The third kappa shape index (κ3) is 3.92. The smallest absolute Gasteiger partial charge is 0.357 e. The maximum atomic E-state index is 13.7. The van der Waals surface area contributed by atoms with Crippen LogP contribution in [0.2, 0.25) is 0 Å². The van der Waals surface area contributed by atoms with Crippen LogP contribution in [0.4, 0.5) is 17.6 Å². The lowest BCUT2D eigenvalue weighted by Gasteiger charge is -2.10. The number of rotatable bonds is 5. The van der Waals surface area contributed by atoms with E-state index in [1.54, 1.807) is 12.1 Å². The minimum Gasteiger partial charge on any atom is -0.503 e. The minimum absolute atomic E-state index is 0.304. The molecule has 0 aromatic heterocycles. The zero-order valence-electron chi connectivity index (χ0n) is 13.1. The molecule has 0 radical (unpaired) electrons. The maximum absolute atomic E-state index is 13.7. The second kappa shape index (κ2) is 7.94. The Balaban J connectivity index is 1.71. The number of halogens is 5. The van der Waals surface area contributed by atoms with Crippen LogP contribution in [0.5, 0.6) is 11.5 Å². The lowest BCUT2D eigenvalue weighted by molar-refractivity contribution is -0.597. The Morgan fingerprint density at radius 1 is 0.731 bits per heavy atom. The van der Waals surface area contributed by atoms with Crippen molar-refractivity contribution in [3.8, 4) is 11.5 Å². The molecule has 0 saturated carbocycles. The Hall–Kier alpha value is -2.29. The molecule has 7 heteroatoms. The first-order valence-corrected chi connectivity index (χ1v) is 9.59. The first-order chi connectivity index (χ1) is 12.5. The minimum atomic E-state index is -1.84. The van der Waals surface area contributed by atoms with E-state index < -0.39 is 41.2 Å². The molecule has 0 heterocycles. The van der Waals surface area contributed by atoms with E-state index in [1.807, 2.05) is 42.5 Å². The van der Waals surface area contributed by atoms with Gasteiger partial charge >= 0.3 is 21.2 Å². The largest absolute Gasteiger partial charge is 0.503 e. The van der Waals surface area contributed by atoms with Gasteiger partial charge in [0.25, 0.3) is 0 Å². The molecule has 0 saturated heterocycles. The van der Waals surface area contributed by atoms with Crippen molar-refractivity contribution in [2.45, 2.75) is 6.61 Å². The molecule has 26 heavy (non-hydrogen) atoms. The molecule has 0 fully saturated rings. The fourth-order valence-electron chi connectivity index (χ4n) is 2.15. The van der Waals surface area contributed by atoms with Gasteiger partial charge in [-0.2, -0.15) is 8.78 Å². The fourth-order valence-corrected chi connectivity index (χ4v) is 4.36. The summed E-state index contributed by atoms with van der Waals surface area (Å²) in [5.41, 5.74) is -0.918. The molecule has 0 atom stereocenters. The van der Waals surface area contributed by atoms with E-state index in [4.69, 9.17) is 9.84 Å². The number of benzene rings is 3. The van der Waals surface area contributed by atoms with Gasteiger partial charge < -0.3 is 9.84 Å². The van der Waals surface area contributed by atoms with Crippen LogP contribution in [-0.2, 0) is 6.61 Å². The van der Waals surface area contributed by atoms with Crippen LogP contribution in [-0.4, -0.2) is 5.11 Å². The molecule has 0 bridgehead atoms. The van der Waals surface area contributed by atoms with Gasteiger partial charge in [-0.3, -0.25) is 0 Å². The molecule has 0 spiro atoms. The Bertz CT molecular complexity index is 886. The molecule has 3 aromatic rings. The molecule has 0 aliphatic rings. The van der Waals surface area contributed by atoms with Crippen LogP contribution in [0.3, 0.4) is 0 Å². The lowest BCUT2D eigenvalue weighted by Crippen LogP contribution is -3.61. The summed E-state index contributed by atoms with van der Waals surface area (Å²) in [6.45, 7) is -0.709. The summed E-state index contributed by atoms with van der Waals surface area (Å²) in [5, 5.41) is 8.96. The molecule has 3 aromatic carbocycles. The summed E-state index contributed by atoms with van der Waals surface area (Å²) in [5.74, 6) is -8.41. The van der Waals surface area contributed by atoms with E-state index in [1.165, 1.54) is 3.57 Å².